The Morgan fingerprint density at radius 3 is 2.45 bits per heavy atom. The van der Waals surface area contributed by atoms with Crippen molar-refractivity contribution < 1.29 is 40.8 Å². The summed E-state index contributed by atoms with van der Waals surface area (Å²) in [5.74, 6) is -0.639. The summed E-state index contributed by atoms with van der Waals surface area (Å²) < 4.78 is 82.5. The number of nitrogens with one attached hydrogen (secondary N) is 1. The predicted octanol–water partition coefficient (Wildman–Crippen LogP) is 4.38. The summed E-state index contributed by atoms with van der Waals surface area (Å²) >= 11 is 6.18. The number of alkyl halides is 3. The van der Waals surface area contributed by atoms with Crippen LogP contribution in [0.4, 0.5) is 29.3 Å². The average molecular weight is 637 g/mol. The second-order valence-corrected chi connectivity index (χ2v) is 13.0. The summed E-state index contributed by atoms with van der Waals surface area (Å²) in [6, 6.07) is 3.29. The lowest BCUT2D eigenvalue weighted by Crippen LogP contribution is -2.57. The minimum Gasteiger partial charge on any atom is -0.486 e. The Bertz CT molecular complexity index is 1660. The maximum atomic E-state index is 14.0. The second kappa shape index (κ2) is 10.5. The van der Waals surface area contributed by atoms with Crippen molar-refractivity contribution in [3.8, 4) is 5.75 Å². The molecule has 0 unspecified atom stereocenters. The first-order valence-electron chi connectivity index (χ1n) is 12.5. The number of amides is 1. The van der Waals surface area contributed by atoms with E-state index in [9.17, 15) is 36.3 Å². The third-order valence-electron chi connectivity index (χ3n) is 6.97. The molecular formula is C24H28ClF3N6O7S. The van der Waals surface area contributed by atoms with E-state index in [4.69, 9.17) is 16.3 Å². The van der Waals surface area contributed by atoms with Gasteiger partial charge in [0.25, 0.3) is 10.0 Å². The van der Waals surface area contributed by atoms with Crippen LogP contribution in [0, 0.1) is 0 Å². The lowest BCUT2D eigenvalue weighted by Gasteiger charge is -2.40. The number of halogens is 4. The molecule has 3 heterocycles. The van der Waals surface area contributed by atoms with Crippen LogP contribution in [-0.2, 0) is 22.0 Å². The summed E-state index contributed by atoms with van der Waals surface area (Å²) in [5, 5.41) is 17.1. The Morgan fingerprint density at radius 1 is 1.26 bits per heavy atom. The number of aryl methyl sites for hydroxylation is 1. The van der Waals surface area contributed by atoms with E-state index in [2.05, 4.69) is 19.8 Å². The Morgan fingerprint density at radius 2 is 1.93 bits per heavy atom. The molecule has 3 aromatic rings. The molecule has 1 aliphatic rings. The number of carboxylic acid groups (broad SMARTS) is 1. The van der Waals surface area contributed by atoms with E-state index in [0.717, 1.165) is 16.4 Å². The van der Waals surface area contributed by atoms with Crippen LogP contribution in [0.15, 0.2) is 38.6 Å². The van der Waals surface area contributed by atoms with E-state index in [-0.39, 0.29) is 45.2 Å². The third kappa shape index (κ3) is 5.54. The first-order chi connectivity index (χ1) is 19.3. The highest BCUT2D eigenvalue weighted by Crippen LogP contribution is 2.45. The van der Waals surface area contributed by atoms with Crippen molar-refractivity contribution in [3.05, 3.63) is 45.9 Å². The van der Waals surface area contributed by atoms with Gasteiger partial charge in [-0.3, -0.25) is 23.4 Å². The van der Waals surface area contributed by atoms with Gasteiger partial charge in [0, 0.05) is 18.2 Å². The molecule has 0 radical (unpaired) electrons. The molecule has 2 aromatic heterocycles. The molecule has 1 aliphatic heterocycles. The van der Waals surface area contributed by atoms with Gasteiger partial charge in [-0.1, -0.05) is 30.6 Å². The first kappa shape index (κ1) is 31.2. The molecular weight excluding hydrogens is 609 g/mol. The van der Waals surface area contributed by atoms with Gasteiger partial charge in [-0.2, -0.15) is 18.3 Å². The monoisotopic (exact) mass is 636 g/mol. The Balaban J connectivity index is 1.85. The maximum Gasteiger partial charge on any atom is 0.438 e. The van der Waals surface area contributed by atoms with E-state index in [0.29, 0.717) is 20.4 Å². The SMILES string of the molecule is CCn1cc(S(=O)(=O)N2C[C@@H](CC(C)(C)c3noc(=O)[nH]3)Oc3ccc(N(C(=O)O)C(C)(C)C(F)(F)F)cc32)c(Cl)n1. The van der Waals surface area contributed by atoms with E-state index in [1.54, 1.807) is 20.8 Å². The molecule has 1 aromatic carbocycles. The van der Waals surface area contributed by atoms with Gasteiger partial charge in [-0.05, 0) is 45.4 Å². The highest BCUT2D eigenvalue weighted by molar-refractivity contribution is 7.93. The van der Waals surface area contributed by atoms with Gasteiger partial charge in [0.15, 0.2) is 11.0 Å². The standard InChI is InChI=1S/C24H28ClF3N6O7S/c1-6-32-12-17(18(25)30-32)42(38,39)33-11-14(10-22(2,3)19-29-20(35)41-31-19)40-16-8-7-13(9-15(16)33)34(21(36)37)23(4,5)24(26,27)28/h7-9,12,14H,6,10-11H2,1-5H3,(H,36,37)(H,29,31,35)/t14-/m1/s1. The molecule has 0 fully saturated rings. The van der Waals surface area contributed by atoms with Crippen molar-refractivity contribution >= 4 is 39.1 Å². The molecule has 18 heteroatoms. The van der Waals surface area contributed by atoms with E-state index in [1.165, 1.54) is 16.9 Å². The first-order valence-corrected chi connectivity index (χ1v) is 14.3. The zero-order chi connectivity index (χ0) is 31.4. The molecule has 2 N–H and O–H groups in total. The third-order valence-corrected chi connectivity index (χ3v) is 9.15. The number of hydrogen-bond acceptors (Lipinski definition) is 8. The van der Waals surface area contributed by atoms with Gasteiger partial charge in [0.2, 0.25) is 0 Å². The van der Waals surface area contributed by atoms with Crippen molar-refractivity contribution in [2.24, 2.45) is 0 Å². The highest BCUT2D eigenvalue weighted by atomic mass is 35.5. The number of anilines is 2. The zero-order valence-electron chi connectivity index (χ0n) is 23.1. The van der Waals surface area contributed by atoms with Crippen molar-refractivity contribution in [2.75, 3.05) is 15.7 Å². The van der Waals surface area contributed by atoms with Crippen molar-refractivity contribution in [1.29, 1.82) is 0 Å². The smallest absolute Gasteiger partial charge is 0.438 e. The zero-order valence-corrected chi connectivity index (χ0v) is 24.6. The summed E-state index contributed by atoms with van der Waals surface area (Å²) in [6.07, 6.45) is -6.42. The van der Waals surface area contributed by atoms with Crippen molar-refractivity contribution in [1.82, 2.24) is 19.9 Å². The van der Waals surface area contributed by atoms with Crippen LogP contribution >= 0.6 is 11.6 Å². The molecule has 1 atom stereocenters. The second-order valence-electron chi connectivity index (χ2n) is 10.8. The quantitative estimate of drug-likeness (QED) is 0.365. The van der Waals surface area contributed by atoms with E-state index < -0.39 is 50.8 Å². The number of H-pyrrole nitrogens is 1. The van der Waals surface area contributed by atoms with Crippen molar-refractivity contribution in [3.63, 3.8) is 0 Å². The fourth-order valence-electron chi connectivity index (χ4n) is 4.59. The van der Waals surface area contributed by atoms with Crippen LogP contribution in [-0.4, -0.2) is 63.9 Å². The van der Waals surface area contributed by atoms with Crippen molar-refractivity contribution in [2.45, 2.75) is 75.7 Å². The number of aromatic nitrogens is 4. The Kier molecular flexibility index (Phi) is 7.82. The van der Waals surface area contributed by atoms with Crippen LogP contribution < -0.4 is 19.7 Å². The molecule has 4 rings (SSSR count). The molecule has 230 valence electrons. The minimum atomic E-state index is -4.97. The molecule has 42 heavy (non-hydrogen) atoms. The highest BCUT2D eigenvalue weighted by Gasteiger charge is 2.54. The number of sulfonamides is 1. The average Bonchev–Trinajstić information content (AvgIpc) is 3.48. The Hall–Kier alpha value is -3.73. The molecule has 0 saturated carbocycles. The summed E-state index contributed by atoms with van der Waals surface area (Å²) in [5.41, 5.74) is -4.41. The van der Waals surface area contributed by atoms with E-state index >= 15 is 0 Å². The fraction of sp³-hybridized carbons (Fsp3) is 0.500. The molecule has 0 saturated heterocycles. The normalized spacial score (nSPS) is 16.2. The number of fused-ring (bicyclic) bond motifs is 1. The van der Waals surface area contributed by atoms with Gasteiger partial charge in [0.1, 0.15) is 22.3 Å². The van der Waals surface area contributed by atoms with Crippen LogP contribution in [0.1, 0.15) is 46.9 Å². The van der Waals surface area contributed by atoms with Gasteiger partial charge < -0.3 is 9.84 Å². The van der Waals surface area contributed by atoms with E-state index in [1.807, 2.05) is 0 Å². The number of ether oxygens (including phenoxy) is 1. The Labute approximate surface area is 242 Å². The van der Waals surface area contributed by atoms with Gasteiger partial charge in [-0.25, -0.2) is 18.0 Å². The topological polar surface area (TPSA) is 164 Å². The van der Waals surface area contributed by atoms with Gasteiger partial charge >= 0.3 is 18.0 Å². The lowest BCUT2D eigenvalue weighted by molar-refractivity contribution is -0.175. The van der Waals surface area contributed by atoms with Crippen LogP contribution in [0.2, 0.25) is 5.15 Å². The van der Waals surface area contributed by atoms with Gasteiger partial charge in [-0.15, -0.1) is 0 Å². The maximum absolute atomic E-state index is 14.0. The molecule has 0 bridgehead atoms. The van der Waals surface area contributed by atoms with Gasteiger partial charge in [0.05, 0.1) is 17.9 Å². The predicted molar refractivity (Wildman–Crippen MR) is 144 cm³/mol. The lowest BCUT2D eigenvalue weighted by atomic mass is 9.85. The number of carbonyl (C=O) groups is 1. The summed E-state index contributed by atoms with van der Waals surface area (Å²) in [6.45, 7) is 6.47. The molecule has 1 amide bonds. The van der Waals surface area contributed by atoms with Crippen LogP contribution in [0.25, 0.3) is 0 Å². The number of rotatable bonds is 8. The van der Waals surface area contributed by atoms with Crippen LogP contribution in [0.5, 0.6) is 5.75 Å². The number of nitrogens with zero attached hydrogens (tertiary/aromatic N) is 5. The molecule has 13 nitrogen and oxygen atoms in total. The number of aromatic amines is 1. The summed E-state index contributed by atoms with van der Waals surface area (Å²) in [7, 11) is -4.51. The largest absolute Gasteiger partial charge is 0.486 e. The van der Waals surface area contributed by atoms with Crippen LogP contribution in [0.3, 0.4) is 0 Å². The number of hydrogen-bond donors (Lipinski definition) is 2. The summed E-state index contributed by atoms with van der Waals surface area (Å²) in [4.78, 5) is 25.8. The minimum absolute atomic E-state index is 0.0443. The molecule has 0 spiro atoms. The fourth-order valence-corrected chi connectivity index (χ4v) is 6.54. The molecule has 0 aliphatic carbocycles. The number of benzene rings is 1.